The molecule has 0 atom stereocenters. The van der Waals surface area contributed by atoms with Crippen molar-refractivity contribution >= 4 is 11.9 Å². The molecule has 18 heavy (non-hydrogen) atoms. The van der Waals surface area contributed by atoms with Crippen molar-refractivity contribution in [1.29, 1.82) is 0 Å². The summed E-state index contributed by atoms with van der Waals surface area (Å²) in [7, 11) is 0. The number of rotatable bonds is 6. The van der Waals surface area contributed by atoms with Gasteiger partial charge in [-0.25, -0.2) is 0 Å². The van der Waals surface area contributed by atoms with Crippen molar-refractivity contribution in [3.05, 3.63) is 41.9 Å². The first kappa shape index (κ1) is 14.5. The average molecular weight is 248 g/mol. The summed E-state index contributed by atoms with van der Waals surface area (Å²) in [5.74, 6) is 0.463. The van der Waals surface area contributed by atoms with E-state index in [4.69, 9.17) is 4.42 Å². The SMILES string of the molecule is CC=CC=Cc1ccc(C(=O)C(O)(CC)CC)o1. The standard InChI is InChI=1S/C15H20O3/c1-4-7-8-9-12-10-11-13(18-12)14(16)15(17,5-2)6-3/h4,7-11,17H,5-6H2,1-3H3. The fourth-order valence-electron chi connectivity index (χ4n) is 1.63. The van der Waals surface area contributed by atoms with E-state index in [-0.39, 0.29) is 11.5 Å². The van der Waals surface area contributed by atoms with Crippen molar-refractivity contribution < 1.29 is 14.3 Å². The fourth-order valence-corrected chi connectivity index (χ4v) is 1.63. The maximum atomic E-state index is 12.1. The van der Waals surface area contributed by atoms with Crippen molar-refractivity contribution in [2.75, 3.05) is 0 Å². The molecule has 0 aromatic carbocycles. The third-order valence-electron chi connectivity index (χ3n) is 3.01. The molecule has 0 aliphatic carbocycles. The molecule has 1 rings (SSSR count). The normalized spacial score (nSPS) is 12.7. The van der Waals surface area contributed by atoms with Crippen LogP contribution in [0.5, 0.6) is 0 Å². The average Bonchev–Trinajstić information content (AvgIpc) is 2.86. The Bertz CT molecular complexity index is 448. The first-order valence-electron chi connectivity index (χ1n) is 6.23. The van der Waals surface area contributed by atoms with Gasteiger partial charge in [0.25, 0.3) is 0 Å². The molecule has 0 saturated heterocycles. The van der Waals surface area contributed by atoms with E-state index in [1.165, 1.54) is 0 Å². The zero-order valence-corrected chi connectivity index (χ0v) is 11.1. The molecule has 1 N–H and O–H groups in total. The van der Waals surface area contributed by atoms with Crippen LogP contribution >= 0.6 is 0 Å². The first-order valence-corrected chi connectivity index (χ1v) is 6.23. The molecule has 0 aliphatic rings. The van der Waals surface area contributed by atoms with Gasteiger partial charge in [-0.3, -0.25) is 4.79 Å². The van der Waals surface area contributed by atoms with Crippen molar-refractivity contribution in [1.82, 2.24) is 0 Å². The molecule has 0 fully saturated rings. The van der Waals surface area contributed by atoms with Gasteiger partial charge in [0.05, 0.1) is 0 Å². The summed E-state index contributed by atoms with van der Waals surface area (Å²) < 4.78 is 5.41. The Kier molecular flexibility index (Phi) is 5.10. The van der Waals surface area contributed by atoms with Crippen LogP contribution in [0.4, 0.5) is 0 Å². The number of hydrogen-bond acceptors (Lipinski definition) is 3. The number of hydrogen-bond donors (Lipinski definition) is 1. The van der Waals surface area contributed by atoms with Crippen LogP contribution in [0.3, 0.4) is 0 Å². The molecule has 3 nitrogen and oxygen atoms in total. The van der Waals surface area contributed by atoms with E-state index in [0.717, 1.165) is 0 Å². The summed E-state index contributed by atoms with van der Waals surface area (Å²) >= 11 is 0. The van der Waals surface area contributed by atoms with Gasteiger partial charge in [-0.1, -0.05) is 32.1 Å². The molecule has 3 heteroatoms. The van der Waals surface area contributed by atoms with Crippen molar-refractivity contribution in [3.8, 4) is 0 Å². The number of ketones is 1. The van der Waals surface area contributed by atoms with E-state index in [9.17, 15) is 9.90 Å². The number of furan rings is 1. The number of Topliss-reactive ketones (excluding diaryl/α,β-unsaturated/α-hetero) is 1. The number of allylic oxidation sites excluding steroid dienone is 3. The van der Waals surface area contributed by atoms with Gasteiger partial charge in [-0.15, -0.1) is 0 Å². The maximum absolute atomic E-state index is 12.1. The highest BCUT2D eigenvalue weighted by Gasteiger charge is 2.34. The van der Waals surface area contributed by atoms with Gasteiger partial charge in [0, 0.05) is 0 Å². The lowest BCUT2D eigenvalue weighted by molar-refractivity contribution is 0.0251. The van der Waals surface area contributed by atoms with Crippen LogP contribution < -0.4 is 0 Å². The van der Waals surface area contributed by atoms with E-state index in [0.29, 0.717) is 18.6 Å². The van der Waals surface area contributed by atoms with E-state index >= 15 is 0 Å². The molecule has 0 aliphatic heterocycles. The molecule has 98 valence electrons. The molecular formula is C15H20O3. The van der Waals surface area contributed by atoms with Crippen LogP contribution in [0.1, 0.15) is 49.9 Å². The Balaban J connectivity index is 2.89. The van der Waals surface area contributed by atoms with Crippen molar-refractivity contribution in [2.24, 2.45) is 0 Å². The molecule has 0 amide bonds. The molecule has 1 heterocycles. The minimum absolute atomic E-state index is 0.210. The van der Waals surface area contributed by atoms with Gasteiger partial charge < -0.3 is 9.52 Å². The Morgan fingerprint density at radius 1 is 1.33 bits per heavy atom. The second kappa shape index (κ2) is 6.36. The van der Waals surface area contributed by atoms with Crippen LogP contribution in [-0.2, 0) is 0 Å². The highest BCUT2D eigenvalue weighted by atomic mass is 16.4. The molecule has 1 aromatic rings. The van der Waals surface area contributed by atoms with Gasteiger partial charge in [-0.2, -0.15) is 0 Å². The Morgan fingerprint density at radius 2 is 2.00 bits per heavy atom. The molecular weight excluding hydrogens is 228 g/mol. The van der Waals surface area contributed by atoms with Crippen LogP contribution in [0.2, 0.25) is 0 Å². The monoisotopic (exact) mass is 248 g/mol. The third-order valence-corrected chi connectivity index (χ3v) is 3.01. The topological polar surface area (TPSA) is 50.4 Å². The number of carbonyl (C=O) groups is 1. The van der Waals surface area contributed by atoms with Gasteiger partial charge in [0.2, 0.25) is 5.78 Å². The summed E-state index contributed by atoms with van der Waals surface area (Å²) in [6.45, 7) is 5.50. The van der Waals surface area contributed by atoms with E-state index < -0.39 is 5.60 Å². The predicted molar refractivity (Wildman–Crippen MR) is 72.4 cm³/mol. The second-order valence-electron chi connectivity index (χ2n) is 4.15. The molecule has 0 spiro atoms. The van der Waals surface area contributed by atoms with Gasteiger partial charge in [-0.05, 0) is 38.0 Å². The van der Waals surface area contributed by atoms with E-state index in [1.54, 1.807) is 32.1 Å². The van der Waals surface area contributed by atoms with Crippen LogP contribution in [0.25, 0.3) is 6.08 Å². The largest absolute Gasteiger partial charge is 0.454 e. The van der Waals surface area contributed by atoms with Crippen LogP contribution in [0.15, 0.2) is 34.8 Å². The van der Waals surface area contributed by atoms with Gasteiger partial charge >= 0.3 is 0 Å². The Morgan fingerprint density at radius 3 is 2.56 bits per heavy atom. The summed E-state index contributed by atoms with van der Waals surface area (Å²) in [5, 5.41) is 10.1. The summed E-state index contributed by atoms with van der Waals surface area (Å²) in [5.41, 5.74) is -1.32. The predicted octanol–water partition coefficient (Wildman–Crippen LogP) is 3.60. The first-order chi connectivity index (χ1) is 8.57. The van der Waals surface area contributed by atoms with Crippen molar-refractivity contribution in [3.63, 3.8) is 0 Å². The van der Waals surface area contributed by atoms with Crippen LogP contribution in [0, 0.1) is 0 Å². The third kappa shape index (κ3) is 3.20. The molecule has 1 aromatic heterocycles. The summed E-state index contributed by atoms with van der Waals surface area (Å²) in [6, 6.07) is 3.33. The fraction of sp³-hybridized carbons (Fsp3) is 0.400. The molecule has 0 radical (unpaired) electrons. The van der Waals surface area contributed by atoms with Gasteiger partial charge in [0.1, 0.15) is 11.4 Å². The highest BCUT2D eigenvalue weighted by molar-refractivity contribution is 6.00. The minimum Gasteiger partial charge on any atom is -0.454 e. The molecule has 0 saturated carbocycles. The maximum Gasteiger partial charge on any atom is 0.229 e. The van der Waals surface area contributed by atoms with Crippen molar-refractivity contribution in [2.45, 2.75) is 39.2 Å². The van der Waals surface area contributed by atoms with E-state index in [1.807, 2.05) is 25.2 Å². The quantitative estimate of drug-likeness (QED) is 0.618. The zero-order chi connectivity index (χ0) is 13.6. The Hall–Kier alpha value is -1.61. The van der Waals surface area contributed by atoms with E-state index in [2.05, 4.69) is 0 Å². The molecule has 0 bridgehead atoms. The smallest absolute Gasteiger partial charge is 0.229 e. The van der Waals surface area contributed by atoms with Crippen LogP contribution in [-0.4, -0.2) is 16.5 Å². The lowest BCUT2D eigenvalue weighted by Gasteiger charge is -2.21. The lowest BCUT2D eigenvalue weighted by Crippen LogP contribution is -2.36. The highest BCUT2D eigenvalue weighted by Crippen LogP contribution is 2.22. The number of aliphatic hydroxyl groups is 1. The summed E-state index contributed by atoms with van der Waals surface area (Å²) in [4.78, 5) is 12.1. The van der Waals surface area contributed by atoms with Gasteiger partial charge in [0.15, 0.2) is 5.76 Å². The Labute approximate surface area is 108 Å². The number of carbonyl (C=O) groups excluding carboxylic acids is 1. The zero-order valence-electron chi connectivity index (χ0n) is 11.1. The second-order valence-corrected chi connectivity index (χ2v) is 4.15. The lowest BCUT2D eigenvalue weighted by atomic mass is 9.91. The summed E-state index contributed by atoms with van der Waals surface area (Å²) in [6.07, 6.45) is 8.14. The molecule has 0 unspecified atom stereocenters. The minimum atomic E-state index is -1.32.